The SMILES string of the molecule is COCCC(=O)NC(CC(=O)O)c1ccc(OC)cc1OC. The molecule has 0 aliphatic heterocycles. The molecule has 0 aromatic heterocycles. The number of carboxylic acid groups (broad SMARTS) is 1. The van der Waals surface area contributed by atoms with Crippen molar-refractivity contribution >= 4 is 11.9 Å². The van der Waals surface area contributed by atoms with Crippen LogP contribution in [0, 0.1) is 0 Å². The van der Waals surface area contributed by atoms with E-state index in [9.17, 15) is 9.59 Å². The zero-order valence-corrected chi connectivity index (χ0v) is 12.9. The Labute approximate surface area is 129 Å². The Morgan fingerprint density at radius 3 is 2.50 bits per heavy atom. The van der Waals surface area contributed by atoms with Gasteiger partial charge in [0.25, 0.3) is 0 Å². The van der Waals surface area contributed by atoms with Gasteiger partial charge in [-0.3, -0.25) is 9.59 Å². The van der Waals surface area contributed by atoms with Gasteiger partial charge in [0.2, 0.25) is 5.91 Å². The average Bonchev–Trinajstić information content (AvgIpc) is 2.51. The van der Waals surface area contributed by atoms with E-state index in [0.717, 1.165) is 0 Å². The second kappa shape index (κ2) is 8.89. The fraction of sp³-hybridized carbons (Fsp3) is 0.467. The Hall–Kier alpha value is -2.28. The zero-order valence-electron chi connectivity index (χ0n) is 12.9. The molecule has 0 saturated heterocycles. The van der Waals surface area contributed by atoms with E-state index in [1.54, 1.807) is 18.2 Å². The molecule has 0 saturated carbocycles. The first kappa shape index (κ1) is 17.8. The molecule has 0 aliphatic rings. The van der Waals surface area contributed by atoms with Gasteiger partial charge in [-0.15, -0.1) is 0 Å². The van der Waals surface area contributed by atoms with Crippen molar-refractivity contribution in [3.63, 3.8) is 0 Å². The smallest absolute Gasteiger partial charge is 0.305 e. The average molecular weight is 311 g/mol. The highest BCUT2D eigenvalue weighted by molar-refractivity contribution is 5.78. The van der Waals surface area contributed by atoms with Crippen LogP contribution in [0.1, 0.15) is 24.4 Å². The van der Waals surface area contributed by atoms with E-state index in [-0.39, 0.29) is 25.4 Å². The highest BCUT2D eigenvalue weighted by Crippen LogP contribution is 2.31. The van der Waals surface area contributed by atoms with Crippen molar-refractivity contribution in [2.24, 2.45) is 0 Å². The number of carboxylic acids is 1. The lowest BCUT2D eigenvalue weighted by Crippen LogP contribution is -2.31. The van der Waals surface area contributed by atoms with E-state index in [0.29, 0.717) is 17.1 Å². The monoisotopic (exact) mass is 311 g/mol. The van der Waals surface area contributed by atoms with Gasteiger partial charge in [-0.1, -0.05) is 0 Å². The van der Waals surface area contributed by atoms with Crippen molar-refractivity contribution in [2.75, 3.05) is 27.9 Å². The number of rotatable bonds is 9. The maximum absolute atomic E-state index is 11.8. The zero-order chi connectivity index (χ0) is 16.5. The molecule has 0 fully saturated rings. The molecule has 1 rings (SSSR count). The van der Waals surface area contributed by atoms with Crippen molar-refractivity contribution in [3.8, 4) is 11.5 Å². The van der Waals surface area contributed by atoms with Crippen LogP contribution in [0.2, 0.25) is 0 Å². The summed E-state index contributed by atoms with van der Waals surface area (Å²) in [6.07, 6.45) is -0.0908. The normalized spacial score (nSPS) is 11.6. The minimum atomic E-state index is -1.02. The number of hydrogen-bond donors (Lipinski definition) is 2. The van der Waals surface area contributed by atoms with Crippen LogP contribution >= 0.6 is 0 Å². The topological polar surface area (TPSA) is 94.1 Å². The molecular formula is C15H21NO6. The van der Waals surface area contributed by atoms with Gasteiger partial charge in [0.15, 0.2) is 0 Å². The van der Waals surface area contributed by atoms with Gasteiger partial charge in [-0.2, -0.15) is 0 Å². The third-order valence-corrected chi connectivity index (χ3v) is 3.06. The number of nitrogens with one attached hydrogen (secondary N) is 1. The van der Waals surface area contributed by atoms with E-state index in [4.69, 9.17) is 19.3 Å². The lowest BCUT2D eigenvalue weighted by Gasteiger charge is -2.20. The highest BCUT2D eigenvalue weighted by Gasteiger charge is 2.21. The Bertz CT molecular complexity index is 517. The summed E-state index contributed by atoms with van der Waals surface area (Å²) in [6, 6.07) is 4.32. The van der Waals surface area contributed by atoms with Gasteiger partial charge in [0.05, 0.1) is 33.3 Å². The van der Waals surface area contributed by atoms with Gasteiger partial charge in [0, 0.05) is 25.2 Å². The van der Waals surface area contributed by atoms with E-state index in [1.807, 2.05) is 0 Å². The predicted octanol–water partition coefficient (Wildman–Crippen LogP) is 1.37. The van der Waals surface area contributed by atoms with Gasteiger partial charge in [0.1, 0.15) is 11.5 Å². The summed E-state index contributed by atoms with van der Waals surface area (Å²) < 4.78 is 15.2. The Balaban J connectivity index is 3.00. The van der Waals surface area contributed by atoms with Crippen molar-refractivity contribution in [1.29, 1.82) is 0 Å². The Morgan fingerprint density at radius 2 is 1.95 bits per heavy atom. The van der Waals surface area contributed by atoms with E-state index in [2.05, 4.69) is 5.32 Å². The molecule has 122 valence electrons. The lowest BCUT2D eigenvalue weighted by molar-refractivity contribution is -0.137. The van der Waals surface area contributed by atoms with Crippen LogP contribution in [0.3, 0.4) is 0 Å². The summed E-state index contributed by atoms with van der Waals surface area (Å²) in [5, 5.41) is 11.7. The molecule has 1 unspecified atom stereocenters. The van der Waals surface area contributed by atoms with Crippen LogP contribution < -0.4 is 14.8 Å². The number of amides is 1. The van der Waals surface area contributed by atoms with Crippen LogP contribution in [-0.4, -0.2) is 44.9 Å². The van der Waals surface area contributed by atoms with Crippen LogP contribution in [-0.2, 0) is 14.3 Å². The second-order valence-electron chi connectivity index (χ2n) is 4.57. The van der Waals surface area contributed by atoms with Gasteiger partial charge in [-0.05, 0) is 12.1 Å². The van der Waals surface area contributed by atoms with Crippen molar-refractivity contribution in [3.05, 3.63) is 23.8 Å². The number of methoxy groups -OCH3 is 3. The molecule has 1 amide bonds. The summed E-state index contributed by atoms with van der Waals surface area (Å²) >= 11 is 0. The first-order valence-corrected chi connectivity index (χ1v) is 6.73. The van der Waals surface area contributed by atoms with E-state index >= 15 is 0 Å². The third kappa shape index (κ3) is 5.25. The Morgan fingerprint density at radius 1 is 1.23 bits per heavy atom. The second-order valence-corrected chi connectivity index (χ2v) is 4.57. The largest absolute Gasteiger partial charge is 0.497 e. The molecule has 1 aromatic carbocycles. The molecule has 0 aliphatic carbocycles. The number of carbonyl (C=O) groups is 2. The quantitative estimate of drug-likeness (QED) is 0.715. The molecule has 7 nitrogen and oxygen atoms in total. The molecule has 0 spiro atoms. The molecule has 0 bridgehead atoms. The first-order chi connectivity index (χ1) is 10.5. The number of benzene rings is 1. The number of ether oxygens (including phenoxy) is 3. The van der Waals surface area contributed by atoms with Gasteiger partial charge in [-0.25, -0.2) is 0 Å². The van der Waals surface area contributed by atoms with Gasteiger partial charge >= 0.3 is 5.97 Å². The predicted molar refractivity (Wildman–Crippen MR) is 79.2 cm³/mol. The fourth-order valence-electron chi connectivity index (χ4n) is 1.98. The minimum Gasteiger partial charge on any atom is -0.497 e. The molecule has 22 heavy (non-hydrogen) atoms. The summed E-state index contributed by atoms with van der Waals surface area (Å²) in [6.45, 7) is 0.269. The molecule has 2 N–H and O–H groups in total. The van der Waals surface area contributed by atoms with Gasteiger partial charge < -0.3 is 24.6 Å². The maximum Gasteiger partial charge on any atom is 0.305 e. The summed E-state index contributed by atoms with van der Waals surface area (Å²) in [5.74, 6) is -0.265. The minimum absolute atomic E-state index is 0.158. The number of hydrogen-bond acceptors (Lipinski definition) is 5. The fourth-order valence-corrected chi connectivity index (χ4v) is 1.98. The van der Waals surface area contributed by atoms with E-state index in [1.165, 1.54) is 21.3 Å². The van der Waals surface area contributed by atoms with Crippen LogP contribution in [0.15, 0.2) is 18.2 Å². The summed E-state index contributed by atoms with van der Waals surface area (Å²) in [5.41, 5.74) is 0.580. The molecule has 0 heterocycles. The van der Waals surface area contributed by atoms with Crippen molar-refractivity contribution in [1.82, 2.24) is 5.32 Å². The molecule has 1 atom stereocenters. The summed E-state index contributed by atoms with van der Waals surface area (Å²) in [7, 11) is 4.49. The molecule has 7 heteroatoms. The Kier molecular flexibility index (Phi) is 7.18. The van der Waals surface area contributed by atoms with Crippen LogP contribution in [0.5, 0.6) is 11.5 Å². The summed E-state index contributed by atoms with van der Waals surface area (Å²) in [4.78, 5) is 22.9. The third-order valence-electron chi connectivity index (χ3n) is 3.06. The van der Waals surface area contributed by atoms with Crippen LogP contribution in [0.25, 0.3) is 0 Å². The first-order valence-electron chi connectivity index (χ1n) is 6.73. The van der Waals surface area contributed by atoms with Crippen molar-refractivity contribution in [2.45, 2.75) is 18.9 Å². The number of aliphatic carboxylic acids is 1. The van der Waals surface area contributed by atoms with E-state index < -0.39 is 12.0 Å². The number of carbonyl (C=O) groups excluding carboxylic acids is 1. The molecule has 1 aromatic rings. The molecular weight excluding hydrogens is 290 g/mol. The standard InChI is InChI=1S/C15H21NO6/c1-20-7-6-14(17)16-12(9-15(18)19)11-5-4-10(21-2)8-13(11)22-3/h4-5,8,12H,6-7,9H2,1-3H3,(H,16,17)(H,18,19). The molecule has 0 radical (unpaired) electrons. The highest BCUT2D eigenvalue weighted by atomic mass is 16.5. The van der Waals surface area contributed by atoms with Crippen molar-refractivity contribution < 1.29 is 28.9 Å². The van der Waals surface area contributed by atoms with Crippen LogP contribution in [0.4, 0.5) is 0 Å². The lowest BCUT2D eigenvalue weighted by atomic mass is 10.0. The maximum atomic E-state index is 11.8.